The minimum Gasteiger partial charge on any atom is -0.150 e. The van der Waals surface area contributed by atoms with E-state index in [1.165, 1.54) is 44.2 Å². The average Bonchev–Trinajstić information content (AvgIpc) is 3.19. The van der Waals surface area contributed by atoms with Crippen LogP contribution in [0.25, 0.3) is 21.9 Å². The smallest absolute Gasteiger partial charge is 0.0398 e. The van der Waals surface area contributed by atoms with Gasteiger partial charge in [0.2, 0.25) is 0 Å². The summed E-state index contributed by atoms with van der Waals surface area (Å²) in [5, 5.41) is 2.66. The normalized spacial score (nSPS) is 14.4. The van der Waals surface area contributed by atoms with Crippen LogP contribution >= 0.6 is 24.8 Å². The molecule has 0 fully saturated rings. The van der Waals surface area contributed by atoms with Crippen molar-refractivity contribution in [1.82, 2.24) is 0 Å². The van der Waals surface area contributed by atoms with Crippen molar-refractivity contribution in [2.75, 3.05) is 0 Å². The molecule has 31 heavy (non-hydrogen) atoms. The number of hydrogen-bond donors (Lipinski definition) is 0. The predicted molar refractivity (Wildman–Crippen MR) is 142 cm³/mol. The van der Waals surface area contributed by atoms with E-state index in [1.807, 2.05) is 0 Å². The van der Waals surface area contributed by atoms with Crippen molar-refractivity contribution in [3.63, 3.8) is 0 Å². The summed E-state index contributed by atoms with van der Waals surface area (Å²) in [5.41, 5.74) is 8.40. The molecule has 1 aliphatic carbocycles. The van der Waals surface area contributed by atoms with Crippen molar-refractivity contribution in [2.24, 2.45) is 5.92 Å². The maximum absolute atomic E-state index is 3.36. The van der Waals surface area contributed by atoms with Gasteiger partial charge in [-0.25, -0.2) is 5.57 Å². The molecule has 1 aliphatic rings. The van der Waals surface area contributed by atoms with Crippen molar-refractivity contribution >= 4 is 41.0 Å². The third-order valence-electron chi connectivity index (χ3n) is 5.25. The Bertz CT molecular complexity index is 1060. The summed E-state index contributed by atoms with van der Waals surface area (Å²) in [5.74, 6) is 0.560. The summed E-state index contributed by atoms with van der Waals surface area (Å²) in [6.07, 6.45) is 3.36. The zero-order valence-electron chi connectivity index (χ0n) is 19.7. The van der Waals surface area contributed by atoms with Gasteiger partial charge in [0.25, 0.3) is 0 Å². The van der Waals surface area contributed by atoms with Crippen molar-refractivity contribution in [1.29, 1.82) is 0 Å². The summed E-state index contributed by atoms with van der Waals surface area (Å²) < 4.78 is 0. The Morgan fingerprint density at radius 3 is 2.03 bits per heavy atom. The number of benzene rings is 2. The standard InChI is InChI=1S/C16H13.C9H13.C2H6Si.2ClH.Zr/c1-12-5-4-7-14(11-12)16-10-9-13-6-2-3-8-15(13)16;1-6-5-7(2)9(4)8(6)3;1-3-2;;;/h2-11H,1H3;6H,1-4H3;1-2H3;2*1H;/q2*-1;;;;+2. The Labute approximate surface area is 216 Å². The Hall–Kier alpha value is -0.790. The van der Waals surface area contributed by atoms with E-state index in [2.05, 4.69) is 114 Å². The fraction of sp³-hybridized carbons (Fsp3) is 0.296. The molecule has 0 amide bonds. The Kier molecular flexibility index (Phi) is 14.0. The predicted octanol–water partition coefficient (Wildman–Crippen LogP) is 8.88. The third kappa shape index (κ3) is 8.93. The zero-order chi connectivity index (χ0) is 21.6. The first-order chi connectivity index (χ1) is 13.7. The summed E-state index contributed by atoms with van der Waals surface area (Å²) in [7, 11) is 0. The van der Waals surface area contributed by atoms with Crippen LogP contribution in [0.2, 0.25) is 13.1 Å². The van der Waals surface area contributed by atoms with E-state index in [4.69, 9.17) is 0 Å². The molecule has 0 bridgehead atoms. The molecule has 0 spiro atoms. The Balaban J connectivity index is 0.000000516. The van der Waals surface area contributed by atoms with Crippen LogP contribution < -0.4 is 0 Å². The van der Waals surface area contributed by atoms with Gasteiger partial charge in [0.15, 0.2) is 0 Å². The van der Waals surface area contributed by atoms with E-state index in [-0.39, 0.29) is 30.2 Å². The summed E-state index contributed by atoms with van der Waals surface area (Å²) in [6.45, 7) is 15.4. The topological polar surface area (TPSA) is 0 Å². The summed E-state index contributed by atoms with van der Waals surface area (Å²) >= 11 is 1.74. The van der Waals surface area contributed by atoms with Crippen molar-refractivity contribution in [3.05, 3.63) is 89.0 Å². The zero-order valence-corrected chi connectivity index (χ0v) is 24.8. The van der Waals surface area contributed by atoms with E-state index < -0.39 is 0 Å². The van der Waals surface area contributed by atoms with Crippen LogP contribution in [-0.4, -0.2) is 5.43 Å². The summed E-state index contributed by atoms with van der Waals surface area (Å²) in [6, 6.07) is 21.6. The monoisotopic (exact) mass is 546 g/mol. The van der Waals surface area contributed by atoms with E-state index in [1.54, 1.807) is 23.3 Å². The van der Waals surface area contributed by atoms with Gasteiger partial charge in [0.05, 0.1) is 0 Å². The molecule has 3 aromatic carbocycles. The molecule has 1 atom stereocenters. The van der Waals surface area contributed by atoms with Crippen LogP contribution in [0.15, 0.2) is 77.4 Å². The van der Waals surface area contributed by atoms with Crippen LogP contribution in [-0.2, 0) is 23.3 Å². The van der Waals surface area contributed by atoms with E-state index >= 15 is 0 Å². The molecule has 4 heteroatoms. The fourth-order valence-electron chi connectivity index (χ4n) is 3.38. The van der Waals surface area contributed by atoms with Gasteiger partial charge in [0, 0.05) is 0 Å². The van der Waals surface area contributed by atoms with Gasteiger partial charge in [-0.15, -0.1) is 78.4 Å². The number of rotatable bonds is 1. The molecule has 164 valence electrons. The quantitative estimate of drug-likeness (QED) is 0.210. The molecular weight excluding hydrogens is 515 g/mol. The van der Waals surface area contributed by atoms with Gasteiger partial charge in [0.1, 0.15) is 0 Å². The van der Waals surface area contributed by atoms with Gasteiger partial charge < -0.3 is 0 Å². The largest absolute Gasteiger partial charge is 0.150 e. The molecule has 3 aromatic rings. The fourth-order valence-corrected chi connectivity index (χ4v) is 3.38. The van der Waals surface area contributed by atoms with Crippen molar-refractivity contribution in [2.45, 2.75) is 47.7 Å². The van der Waals surface area contributed by atoms with Gasteiger partial charge >= 0.3 is 41.9 Å². The van der Waals surface area contributed by atoms with Crippen LogP contribution in [0.5, 0.6) is 0 Å². The van der Waals surface area contributed by atoms with E-state index in [0.717, 1.165) is 0 Å². The summed E-state index contributed by atoms with van der Waals surface area (Å²) in [4.78, 5) is 0. The first kappa shape index (κ1) is 30.2. The molecule has 0 aliphatic heterocycles. The first-order valence-corrected chi connectivity index (χ1v) is 16.4. The second-order valence-corrected chi connectivity index (χ2v) is 17.4. The second-order valence-electron chi connectivity index (χ2n) is 8.00. The van der Waals surface area contributed by atoms with E-state index in [9.17, 15) is 0 Å². The molecule has 0 aromatic heterocycles. The molecular formula is C27H34Cl2SiZr. The van der Waals surface area contributed by atoms with Crippen LogP contribution in [0.4, 0.5) is 0 Å². The number of halogens is 2. The molecule has 0 N–H and O–H groups in total. The Morgan fingerprint density at radius 2 is 1.55 bits per heavy atom. The maximum atomic E-state index is 3.36. The van der Waals surface area contributed by atoms with Gasteiger partial charge in [-0.1, -0.05) is 68.1 Å². The molecule has 0 saturated carbocycles. The van der Waals surface area contributed by atoms with Gasteiger partial charge in [-0.05, 0) is 6.92 Å². The van der Waals surface area contributed by atoms with Crippen molar-refractivity contribution < 1.29 is 23.3 Å². The minimum absolute atomic E-state index is 0. The van der Waals surface area contributed by atoms with Gasteiger partial charge in [-0.3, -0.25) is 6.08 Å². The first-order valence-electron chi connectivity index (χ1n) is 10.2. The molecule has 4 rings (SSSR count). The van der Waals surface area contributed by atoms with Crippen molar-refractivity contribution in [3.8, 4) is 11.1 Å². The number of allylic oxidation sites excluding steroid dienone is 4. The average molecular weight is 549 g/mol. The van der Waals surface area contributed by atoms with Crippen LogP contribution in [0, 0.1) is 18.9 Å². The van der Waals surface area contributed by atoms with E-state index in [0.29, 0.717) is 5.92 Å². The SMILES string of the molecule is CC1=[C-]C(C)C(C)=C1C.C[Si](C)=[Zr+2].Cc1cccc(-c2c[cH-]c3ccccc23)c1.Cl.Cl. The van der Waals surface area contributed by atoms with Crippen LogP contribution in [0.3, 0.4) is 0 Å². The Morgan fingerprint density at radius 1 is 0.935 bits per heavy atom. The minimum atomic E-state index is 0. The van der Waals surface area contributed by atoms with Gasteiger partial charge in [-0.2, -0.15) is 11.1 Å². The number of hydrogen-bond acceptors (Lipinski definition) is 0. The maximum Gasteiger partial charge on any atom is -0.0398 e. The second kappa shape index (κ2) is 14.4. The van der Waals surface area contributed by atoms with Crippen LogP contribution in [0.1, 0.15) is 33.3 Å². The molecule has 1 unspecified atom stereocenters. The molecule has 0 heterocycles. The number of aryl methyl sites for hydroxylation is 1. The molecule has 0 nitrogen and oxygen atoms in total. The molecule has 0 saturated heterocycles. The molecule has 0 radical (unpaired) electrons. The third-order valence-corrected chi connectivity index (χ3v) is 5.25. The number of fused-ring (bicyclic) bond motifs is 1.